The van der Waals surface area contributed by atoms with Crippen LogP contribution in [0.5, 0.6) is 5.75 Å². The van der Waals surface area contributed by atoms with Crippen LogP contribution >= 0.6 is 0 Å². The largest absolute Gasteiger partial charge is 0.497 e. The molecule has 4 rings (SSSR count). The van der Waals surface area contributed by atoms with E-state index in [-0.39, 0.29) is 5.60 Å². The van der Waals surface area contributed by atoms with Crippen molar-refractivity contribution in [2.75, 3.05) is 7.11 Å². The number of aryl methyl sites for hydroxylation is 1. The van der Waals surface area contributed by atoms with Crippen molar-refractivity contribution in [2.24, 2.45) is 17.3 Å². The van der Waals surface area contributed by atoms with E-state index in [4.69, 9.17) is 9.47 Å². The van der Waals surface area contributed by atoms with Crippen molar-refractivity contribution in [1.82, 2.24) is 0 Å². The molecule has 3 aliphatic rings. The van der Waals surface area contributed by atoms with Gasteiger partial charge in [0.05, 0.1) is 18.8 Å². The van der Waals surface area contributed by atoms with Gasteiger partial charge in [-0.2, -0.15) is 0 Å². The summed E-state index contributed by atoms with van der Waals surface area (Å²) in [5, 5.41) is 0. The van der Waals surface area contributed by atoms with E-state index in [2.05, 4.69) is 52.0 Å². The molecule has 0 saturated heterocycles. The zero-order valence-electron chi connectivity index (χ0n) is 17.1. The number of hydrogen-bond donors (Lipinski definition) is 0. The lowest BCUT2D eigenvalue weighted by molar-refractivity contribution is -0.119. The minimum Gasteiger partial charge on any atom is -0.497 e. The number of allylic oxidation sites excluding steroid dienone is 2. The van der Waals surface area contributed by atoms with E-state index in [1.165, 1.54) is 49.7 Å². The molecule has 0 radical (unpaired) electrons. The highest BCUT2D eigenvalue weighted by Gasteiger charge is 2.55. The Hall–Kier alpha value is -1.28. The molecular weight excluding hydrogens is 320 g/mol. The van der Waals surface area contributed by atoms with Gasteiger partial charge in [-0.05, 0) is 100.0 Å². The number of hydrogen-bond acceptors (Lipinski definition) is 2. The molecule has 2 nitrogen and oxygen atoms in total. The van der Waals surface area contributed by atoms with Crippen LogP contribution in [0.4, 0.5) is 0 Å². The molecule has 1 aromatic rings. The van der Waals surface area contributed by atoms with E-state index in [1.807, 2.05) is 0 Å². The topological polar surface area (TPSA) is 18.5 Å². The summed E-state index contributed by atoms with van der Waals surface area (Å²) in [5.41, 5.74) is 4.84. The second-order valence-electron chi connectivity index (χ2n) is 9.52. The van der Waals surface area contributed by atoms with Crippen LogP contribution in [0.15, 0.2) is 24.3 Å². The van der Waals surface area contributed by atoms with Gasteiger partial charge in [0.2, 0.25) is 0 Å². The first-order valence-electron chi connectivity index (χ1n) is 10.4. The highest BCUT2D eigenvalue weighted by atomic mass is 16.5. The van der Waals surface area contributed by atoms with Gasteiger partial charge in [-0.15, -0.1) is 0 Å². The zero-order chi connectivity index (χ0) is 18.5. The summed E-state index contributed by atoms with van der Waals surface area (Å²) in [7, 11) is 1.76. The number of methoxy groups -OCH3 is 1. The minimum absolute atomic E-state index is 0.0541. The van der Waals surface area contributed by atoms with E-state index < -0.39 is 0 Å². The Morgan fingerprint density at radius 3 is 2.65 bits per heavy atom. The highest BCUT2D eigenvalue weighted by molar-refractivity contribution is 5.73. The van der Waals surface area contributed by atoms with Crippen LogP contribution in [0.25, 0.3) is 5.57 Å². The fourth-order valence-corrected chi connectivity index (χ4v) is 6.10. The van der Waals surface area contributed by atoms with Gasteiger partial charge in [0.25, 0.3) is 0 Å². The molecule has 0 bridgehead atoms. The van der Waals surface area contributed by atoms with Crippen LogP contribution in [0.3, 0.4) is 0 Å². The summed E-state index contributed by atoms with van der Waals surface area (Å²) < 4.78 is 12.0. The van der Waals surface area contributed by atoms with Crippen LogP contribution in [0.2, 0.25) is 0 Å². The van der Waals surface area contributed by atoms with Crippen molar-refractivity contribution in [2.45, 2.75) is 77.9 Å². The Bertz CT molecular complexity index is 711. The van der Waals surface area contributed by atoms with E-state index in [1.54, 1.807) is 12.7 Å². The maximum atomic E-state index is 6.60. The molecule has 0 N–H and O–H groups in total. The molecule has 0 amide bonds. The van der Waals surface area contributed by atoms with Crippen LogP contribution in [-0.2, 0) is 11.2 Å². The monoisotopic (exact) mass is 354 g/mol. The Morgan fingerprint density at radius 1 is 1.15 bits per heavy atom. The number of benzene rings is 1. The quantitative estimate of drug-likeness (QED) is 0.659. The second-order valence-corrected chi connectivity index (χ2v) is 9.52. The number of rotatable bonds is 3. The molecule has 1 saturated carbocycles. The maximum Gasteiger partial charge on any atom is 0.119 e. The summed E-state index contributed by atoms with van der Waals surface area (Å²) in [6, 6.07) is 6.67. The number of ether oxygens (including phenoxy) is 2. The van der Waals surface area contributed by atoms with E-state index in [9.17, 15) is 0 Å². The van der Waals surface area contributed by atoms with Crippen molar-refractivity contribution >= 4 is 5.57 Å². The fraction of sp³-hybridized carbons (Fsp3) is 0.667. The third kappa shape index (κ3) is 2.81. The fourth-order valence-electron chi connectivity index (χ4n) is 6.10. The molecule has 0 spiro atoms. The van der Waals surface area contributed by atoms with Crippen molar-refractivity contribution in [3.63, 3.8) is 0 Å². The molecular formula is C24H34O2. The lowest BCUT2D eigenvalue weighted by atomic mass is 9.58. The van der Waals surface area contributed by atoms with Gasteiger partial charge in [0, 0.05) is 5.41 Å². The molecule has 2 heteroatoms. The molecule has 142 valence electrons. The third-order valence-electron chi connectivity index (χ3n) is 7.21. The first-order chi connectivity index (χ1) is 12.4. The summed E-state index contributed by atoms with van der Waals surface area (Å²) in [6.07, 6.45) is 10.4. The average molecular weight is 355 g/mol. The first kappa shape index (κ1) is 18.1. The standard InChI is InChI=1S/C24H34O2/c1-6-24-14-13-19-18-10-8-17(25-5)15-16(18)7-9-20(19)21(24)11-12-22(24)26-23(2,3)4/h8,10,13,15,20-22H,6-7,9,11-12,14H2,1-5H3/t20-,21+,22+,24+/m1/s1. The molecule has 1 aromatic carbocycles. The van der Waals surface area contributed by atoms with Crippen LogP contribution in [0.1, 0.15) is 70.9 Å². The molecule has 1 fully saturated rings. The van der Waals surface area contributed by atoms with Gasteiger partial charge < -0.3 is 9.47 Å². The third-order valence-corrected chi connectivity index (χ3v) is 7.21. The van der Waals surface area contributed by atoms with Crippen LogP contribution in [-0.4, -0.2) is 18.8 Å². The van der Waals surface area contributed by atoms with Gasteiger partial charge in [-0.3, -0.25) is 0 Å². The summed E-state index contributed by atoms with van der Waals surface area (Å²) in [5.74, 6) is 2.47. The minimum atomic E-state index is -0.0541. The van der Waals surface area contributed by atoms with Gasteiger partial charge >= 0.3 is 0 Å². The van der Waals surface area contributed by atoms with Crippen LogP contribution < -0.4 is 4.74 Å². The molecule has 3 aliphatic carbocycles. The Balaban J connectivity index is 1.69. The molecule has 26 heavy (non-hydrogen) atoms. The maximum absolute atomic E-state index is 6.60. The molecule has 0 heterocycles. The van der Waals surface area contributed by atoms with E-state index in [0.717, 1.165) is 11.7 Å². The molecule has 0 aromatic heterocycles. The normalized spacial score (nSPS) is 33.1. The Labute approximate surface area is 159 Å². The average Bonchev–Trinajstić information content (AvgIpc) is 2.98. The SMILES string of the molecule is CC[C@]12CC=C3c4ccc(OC)cc4CC[C@H]3[C@@H]1CC[C@@H]2OC(C)(C)C. The van der Waals surface area contributed by atoms with Crippen molar-refractivity contribution in [3.8, 4) is 5.75 Å². The van der Waals surface area contributed by atoms with Gasteiger partial charge in [-0.25, -0.2) is 0 Å². The van der Waals surface area contributed by atoms with Crippen molar-refractivity contribution < 1.29 is 9.47 Å². The van der Waals surface area contributed by atoms with Gasteiger partial charge in [-0.1, -0.05) is 19.1 Å². The van der Waals surface area contributed by atoms with Crippen LogP contribution in [0, 0.1) is 17.3 Å². The Morgan fingerprint density at radius 2 is 1.96 bits per heavy atom. The first-order valence-corrected chi connectivity index (χ1v) is 10.4. The van der Waals surface area contributed by atoms with E-state index in [0.29, 0.717) is 17.4 Å². The number of fused-ring (bicyclic) bond motifs is 5. The second kappa shape index (κ2) is 6.41. The van der Waals surface area contributed by atoms with Crippen molar-refractivity contribution in [1.29, 1.82) is 0 Å². The molecule has 0 unspecified atom stereocenters. The predicted octanol–water partition coefficient (Wildman–Crippen LogP) is 6.03. The summed E-state index contributed by atoms with van der Waals surface area (Å²) >= 11 is 0. The lowest BCUT2D eigenvalue weighted by Gasteiger charge is -2.49. The predicted molar refractivity (Wildman–Crippen MR) is 107 cm³/mol. The van der Waals surface area contributed by atoms with E-state index >= 15 is 0 Å². The smallest absolute Gasteiger partial charge is 0.119 e. The summed E-state index contributed by atoms with van der Waals surface area (Å²) in [6.45, 7) is 9.01. The molecule has 4 atom stereocenters. The summed E-state index contributed by atoms with van der Waals surface area (Å²) in [4.78, 5) is 0. The van der Waals surface area contributed by atoms with Crippen molar-refractivity contribution in [3.05, 3.63) is 35.4 Å². The van der Waals surface area contributed by atoms with Gasteiger partial charge in [0.1, 0.15) is 5.75 Å². The Kier molecular flexibility index (Phi) is 4.46. The lowest BCUT2D eigenvalue weighted by Crippen LogP contribution is -2.45. The zero-order valence-corrected chi connectivity index (χ0v) is 17.1. The highest BCUT2D eigenvalue weighted by Crippen LogP contribution is 2.61. The van der Waals surface area contributed by atoms with Gasteiger partial charge in [0.15, 0.2) is 0 Å². The molecule has 0 aliphatic heterocycles.